The predicted octanol–water partition coefficient (Wildman–Crippen LogP) is 6.58. The second-order valence-corrected chi connectivity index (χ2v) is 19.2. The average molecular weight is 724 g/mol. The van der Waals surface area contributed by atoms with Crippen molar-refractivity contribution < 1.29 is 23.9 Å². The van der Waals surface area contributed by atoms with Gasteiger partial charge in [-0.2, -0.15) is 0 Å². The minimum atomic E-state index is -1.09. The van der Waals surface area contributed by atoms with Gasteiger partial charge in [-0.25, -0.2) is 4.79 Å². The number of nitrogens with zero attached hydrogens (tertiary/aromatic N) is 2. The van der Waals surface area contributed by atoms with Crippen molar-refractivity contribution in [3.63, 3.8) is 0 Å². The maximum absolute atomic E-state index is 15.3. The van der Waals surface area contributed by atoms with Crippen molar-refractivity contribution in [1.29, 1.82) is 0 Å². The highest BCUT2D eigenvalue weighted by Crippen LogP contribution is 2.83. The summed E-state index contributed by atoms with van der Waals surface area (Å²) in [5.41, 5.74) is 6.83. The van der Waals surface area contributed by atoms with E-state index in [0.717, 1.165) is 69.2 Å². The lowest BCUT2D eigenvalue weighted by molar-refractivity contribution is -0.292. The number of hydrogen-bond acceptors (Lipinski definition) is 8. The monoisotopic (exact) mass is 723 g/mol. The number of ether oxygens (including phenoxy) is 2. The fraction of sp³-hybridized carbons (Fsp3) is 0.756. The zero-order valence-electron chi connectivity index (χ0n) is 32.3. The number of esters is 2. The molecule has 6 saturated heterocycles. The van der Waals surface area contributed by atoms with Crippen molar-refractivity contribution in [3.05, 3.63) is 46.5 Å². The molecular formula is C45H61N3O5. The molecular weight excluding hydrogens is 663 g/mol. The summed E-state index contributed by atoms with van der Waals surface area (Å²) in [7, 11) is 0. The molecule has 8 heteroatoms. The van der Waals surface area contributed by atoms with Gasteiger partial charge in [0, 0.05) is 55.7 Å². The molecule has 286 valence electrons. The third-order valence-corrected chi connectivity index (χ3v) is 16.8. The van der Waals surface area contributed by atoms with Gasteiger partial charge in [0.25, 0.3) is 0 Å². The van der Waals surface area contributed by atoms with E-state index in [0.29, 0.717) is 73.0 Å². The molecule has 15 unspecified atom stereocenters. The van der Waals surface area contributed by atoms with Gasteiger partial charge in [-0.05, 0) is 112 Å². The zero-order chi connectivity index (χ0) is 36.4. The highest BCUT2D eigenvalue weighted by atomic mass is 16.6. The van der Waals surface area contributed by atoms with Crippen LogP contribution in [0.1, 0.15) is 126 Å². The minimum absolute atomic E-state index is 0.0333. The lowest BCUT2D eigenvalue weighted by Crippen LogP contribution is -2.78. The first-order valence-electron chi connectivity index (χ1n) is 21.7. The molecule has 8 fully saturated rings. The largest absolute Gasteiger partial charge is 0.453 e. The fourth-order valence-electron chi connectivity index (χ4n) is 15.3. The van der Waals surface area contributed by atoms with Crippen molar-refractivity contribution in [1.82, 2.24) is 9.80 Å². The number of nitrogens with two attached hydrogens (primary N) is 1. The zero-order valence-corrected chi connectivity index (χ0v) is 32.3. The number of carbonyl (C=O) groups excluding carboxylic acids is 3. The molecule has 1 aromatic carbocycles. The summed E-state index contributed by atoms with van der Waals surface area (Å²) in [5, 5.41) is 0. The van der Waals surface area contributed by atoms with Crippen molar-refractivity contribution in [3.8, 4) is 0 Å². The molecule has 2 saturated carbocycles. The van der Waals surface area contributed by atoms with E-state index in [1.54, 1.807) is 0 Å². The van der Waals surface area contributed by atoms with Crippen LogP contribution >= 0.6 is 0 Å². The van der Waals surface area contributed by atoms with E-state index in [-0.39, 0.29) is 29.7 Å². The van der Waals surface area contributed by atoms with Gasteiger partial charge in [-0.1, -0.05) is 63.5 Å². The minimum Gasteiger partial charge on any atom is -0.453 e. The van der Waals surface area contributed by atoms with Gasteiger partial charge in [0.15, 0.2) is 17.5 Å². The normalized spacial score (nSPS) is 47.3. The Kier molecular flexibility index (Phi) is 8.22. The number of hydrogen-bond donors (Lipinski definition) is 1. The van der Waals surface area contributed by atoms with E-state index in [1.807, 2.05) is 6.07 Å². The highest BCUT2D eigenvalue weighted by Gasteiger charge is 2.92. The number of piperidine rings is 3. The molecule has 3 aliphatic carbocycles. The van der Waals surface area contributed by atoms with E-state index in [2.05, 4.69) is 48.8 Å². The summed E-state index contributed by atoms with van der Waals surface area (Å²) < 4.78 is 13.6. The number of aryl methyl sites for hydroxylation is 1. The number of carbonyl (C=O) groups is 3. The molecule has 2 N–H and O–H groups in total. The second-order valence-electron chi connectivity index (χ2n) is 19.2. The van der Waals surface area contributed by atoms with Crippen molar-refractivity contribution in [2.45, 2.75) is 140 Å². The smallest absolute Gasteiger partial charge is 0.339 e. The first-order chi connectivity index (χ1) is 25.7. The van der Waals surface area contributed by atoms with E-state index in [1.165, 1.54) is 37.8 Å². The summed E-state index contributed by atoms with van der Waals surface area (Å²) in [4.78, 5) is 50.4. The van der Waals surface area contributed by atoms with Crippen LogP contribution in [-0.2, 0) is 31.1 Å². The van der Waals surface area contributed by atoms with Crippen LogP contribution in [0.4, 0.5) is 0 Å². The maximum atomic E-state index is 15.3. The summed E-state index contributed by atoms with van der Waals surface area (Å²) >= 11 is 0. The molecule has 0 aromatic heterocycles. The third-order valence-electron chi connectivity index (χ3n) is 16.8. The van der Waals surface area contributed by atoms with Gasteiger partial charge < -0.3 is 15.2 Å². The Labute approximate surface area is 315 Å². The lowest BCUT2D eigenvalue weighted by atomic mass is 9.30. The highest BCUT2D eigenvalue weighted by molar-refractivity contribution is 6.01. The van der Waals surface area contributed by atoms with Gasteiger partial charge in [-0.3, -0.25) is 19.4 Å². The van der Waals surface area contributed by atoms with E-state index in [4.69, 9.17) is 15.2 Å². The lowest BCUT2D eigenvalue weighted by Gasteiger charge is -2.70. The number of ketones is 1. The Balaban J connectivity index is 1.19. The van der Waals surface area contributed by atoms with Gasteiger partial charge in [0.1, 0.15) is 5.41 Å². The van der Waals surface area contributed by atoms with Crippen LogP contribution in [0.15, 0.2) is 29.8 Å². The van der Waals surface area contributed by atoms with E-state index in [9.17, 15) is 4.79 Å². The SMILES string of the molecule is CCCC1CC(=O)C2OC(=O)C34C=C(CCC23C2(OC(=O)c3c(CCCN)cccc32)C4CCC)C2CC(C)CC3CCC4C5CC(CN1C5)CN4C32. The molecule has 13 rings (SSSR count). The predicted molar refractivity (Wildman–Crippen MR) is 202 cm³/mol. The number of rotatable bonds is 7. The topological polar surface area (TPSA) is 102 Å². The van der Waals surface area contributed by atoms with Crippen LogP contribution in [-0.4, -0.2) is 77.9 Å². The van der Waals surface area contributed by atoms with E-state index < -0.39 is 22.5 Å². The molecule has 9 heterocycles. The Morgan fingerprint density at radius 2 is 1.83 bits per heavy atom. The van der Waals surface area contributed by atoms with Crippen molar-refractivity contribution in [2.24, 2.45) is 52.1 Å². The first-order valence-corrected chi connectivity index (χ1v) is 21.7. The standard InChI is InChI=1S/C45H61N3O5/c1-4-8-32-21-36(49)40-44-16-15-30(33-19-26(3)18-29-13-14-35-31-20-27(23-47(32)25-31)24-48(35)39(29)33)22-43(44,42(51)52-40)37(9-5-2)45(44)34-12-6-10-28(11-7-17-46)38(34)41(50)53-45/h6,10,12,22,26-27,29,31-33,35,37,39-40H,4-5,7-9,11,13-21,23-25,46H2,1-3H3. The van der Waals surface area contributed by atoms with E-state index >= 15 is 9.59 Å². The van der Waals surface area contributed by atoms with Gasteiger partial charge in [0.2, 0.25) is 0 Å². The molecule has 8 nitrogen and oxygen atoms in total. The third kappa shape index (κ3) is 4.43. The van der Waals surface area contributed by atoms with Crippen molar-refractivity contribution in [2.75, 3.05) is 26.2 Å². The Bertz CT molecular complexity index is 1740. The van der Waals surface area contributed by atoms with Gasteiger partial charge in [-0.15, -0.1) is 0 Å². The fourth-order valence-corrected chi connectivity index (χ4v) is 15.3. The molecule has 12 aliphatic rings. The summed E-state index contributed by atoms with van der Waals surface area (Å²) in [5.74, 6) is 2.19. The van der Waals surface area contributed by atoms with Gasteiger partial charge >= 0.3 is 11.9 Å². The second kappa shape index (κ2) is 12.5. The summed E-state index contributed by atoms with van der Waals surface area (Å²) in [6, 6.07) is 7.40. The first kappa shape index (κ1) is 34.9. The molecule has 10 bridgehead atoms. The Morgan fingerprint density at radius 3 is 2.64 bits per heavy atom. The molecule has 1 aromatic rings. The molecule has 0 radical (unpaired) electrons. The average Bonchev–Trinajstić information content (AvgIpc) is 3.60. The molecule has 15 atom stereocenters. The van der Waals surface area contributed by atoms with Crippen LogP contribution in [0.5, 0.6) is 0 Å². The summed E-state index contributed by atoms with van der Waals surface area (Å²) in [6.45, 7) is 10.7. The quantitative estimate of drug-likeness (QED) is 0.249. The van der Waals surface area contributed by atoms with Crippen LogP contribution in [0, 0.1) is 46.3 Å². The van der Waals surface area contributed by atoms with Gasteiger partial charge in [0.05, 0.1) is 11.0 Å². The van der Waals surface area contributed by atoms with Crippen LogP contribution in [0.25, 0.3) is 0 Å². The van der Waals surface area contributed by atoms with Crippen LogP contribution in [0.2, 0.25) is 0 Å². The molecule has 2 spiro atoms. The summed E-state index contributed by atoms with van der Waals surface area (Å²) in [6.07, 6.45) is 14.7. The maximum Gasteiger partial charge on any atom is 0.339 e. The molecule has 0 amide bonds. The molecule has 53 heavy (non-hydrogen) atoms. The number of fused-ring (bicyclic) bond motifs is 2. The molecule has 9 aliphatic heterocycles. The van der Waals surface area contributed by atoms with Crippen molar-refractivity contribution >= 4 is 17.7 Å². The Morgan fingerprint density at radius 1 is 0.981 bits per heavy atom. The van der Waals surface area contributed by atoms with Crippen LogP contribution < -0.4 is 5.73 Å². The number of benzene rings is 1. The van der Waals surface area contributed by atoms with Crippen LogP contribution in [0.3, 0.4) is 0 Å². The number of Topliss-reactive ketones (excluding diaryl/α,β-unsaturated/α-hetero) is 1. The Hall–Kier alpha value is -2.55.